The summed E-state index contributed by atoms with van der Waals surface area (Å²) in [6.45, 7) is 6.27. The van der Waals surface area contributed by atoms with Crippen molar-refractivity contribution >= 4 is 43.6 Å². The van der Waals surface area contributed by atoms with Gasteiger partial charge < -0.3 is 15.4 Å². The Labute approximate surface area is 125 Å². The first-order valence-corrected chi connectivity index (χ1v) is 7.87. The number of hydrogen-bond acceptors (Lipinski definition) is 5. The van der Waals surface area contributed by atoms with Crippen LogP contribution in [-0.4, -0.2) is 54.2 Å². The van der Waals surface area contributed by atoms with Crippen LogP contribution in [0.1, 0.15) is 13.8 Å². The van der Waals surface area contributed by atoms with Crippen LogP contribution >= 0.6 is 31.9 Å². The van der Waals surface area contributed by atoms with Gasteiger partial charge in [0.15, 0.2) is 0 Å². The van der Waals surface area contributed by atoms with Crippen LogP contribution in [0.15, 0.2) is 0 Å². The maximum absolute atomic E-state index is 11.1. The Balaban J connectivity index is 0.000000360. The third-order valence-corrected chi connectivity index (χ3v) is 4.67. The van der Waals surface area contributed by atoms with Crippen molar-refractivity contribution in [1.82, 2.24) is 10.6 Å². The maximum Gasteiger partial charge on any atom is 0.324 e. The second-order valence-electron chi connectivity index (χ2n) is 3.70. The molecule has 2 N–H and O–H groups in total. The number of ether oxygens (including phenoxy) is 1. The Bertz CT molecular complexity index is 259. The van der Waals surface area contributed by atoms with Crippen LogP contribution in [0.5, 0.6) is 0 Å². The highest BCUT2D eigenvalue weighted by atomic mass is 79.9. The molecule has 2 unspecified atom stereocenters. The highest BCUT2D eigenvalue weighted by Gasteiger charge is 2.20. The second-order valence-corrected chi connectivity index (χ2v) is 5.45. The lowest BCUT2D eigenvalue weighted by Gasteiger charge is -2.22. The van der Waals surface area contributed by atoms with Gasteiger partial charge in [0.25, 0.3) is 0 Å². The second kappa shape index (κ2) is 10.9. The minimum absolute atomic E-state index is 0.00694. The molecule has 1 fully saturated rings. The van der Waals surface area contributed by atoms with Crippen molar-refractivity contribution in [2.45, 2.75) is 24.7 Å². The van der Waals surface area contributed by atoms with E-state index in [0.717, 1.165) is 13.1 Å². The molecule has 0 aromatic carbocycles. The number of ketones is 1. The van der Waals surface area contributed by atoms with Crippen LogP contribution in [0.25, 0.3) is 0 Å². The van der Waals surface area contributed by atoms with E-state index in [1.54, 1.807) is 6.92 Å². The van der Waals surface area contributed by atoms with E-state index in [-0.39, 0.29) is 22.6 Å². The lowest BCUT2D eigenvalue weighted by atomic mass is 10.2. The predicted molar refractivity (Wildman–Crippen MR) is 78.5 cm³/mol. The van der Waals surface area contributed by atoms with Gasteiger partial charge in [-0.2, -0.15) is 0 Å². The van der Waals surface area contributed by atoms with Gasteiger partial charge in [-0.3, -0.25) is 9.59 Å². The highest BCUT2D eigenvalue weighted by Crippen LogP contribution is 2.03. The van der Waals surface area contributed by atoms with Gasteiger partial charge in [-0.15, -0.1) is 0 Å². The van der Waals surface area contributed by atoms with Gasteiger partial charge in [0.05, 0.1) is 11.4 Å². The first-order chi connectivity index (χ1) is 8.52. The molecule has 0 saturated carbocycles. The summed E-state index contributed by atoms with van der Waals surface area (Å²) in [6, 6.07) is -0.149. The van der Waals surface area contributed by atoms with Crippen molar-refractivity contribution in [3.63, 3.8) is 0 Å². The summed E-state index contributed by atoms with van der Waals surface area (Å²) in [7, 11) is 0. The molecule has 5 nitrogen and oxygen atoms in total. The smallest absolute Gasteiger partial charge is 0.324 e. The maximum atomic E-state index is 11.1. The molecule has 0 aromatic rings. The first kappa shape index (κ1) is 18.0. The average Bonchev–Trinajstić information content (AvgIpc) is 2.39. The number of carbonyl (C=O) groups excluding carboxylic acids is 2. The minimum Gasteiger partial charge on any atom is -0.465 e. The molecule has 1 rings (SSSR count). The van der Waals surface area contributed by atoms with Gasteiger partial charge in [0.2, 0.25) is 0 Å². The van der Waals surface area contributed by atoms with Crippen molar-refractivity contribution in [3.05, 3.63) is 0 Å². The van der Waals surface area contributed by atoms with Gasteiger partial charge in [-0.25, -0.2) is 0 Å². The molecule has 1 saturated heterocycles. The quantitative estimate of drug-likeness (QED) is 0.552. The van der Waals surface area contributed by atoms with Crippen LogP contribution in [0.4, 0.5) is 0 Å². The Kier molecular flexibility index (Phi) is 10.9. The van der Waals surface area contributed by atoms with Gasteiger partial charge >= 0.3 is 5.97 Å². The van der Waals surface area contributed by atoms with E-state index in [9.17, 15) is 9.59 Å². The van der Waals surface area contributed by atoms with Gasteiger partial charge in [-0.05, 0) is 13.8 Å². The molecule has 0 radical (unpaired) electrons. The summed E-state index contributed by atoms with van der Waals surface area (Å²) >= 11 is 6.29. The van der Waals surface area contributed by atoms with Crippen molar-refractivity contribution in [3.8, 4) is 0 Å². The van der Waals surface area contributed by atoms with E-state index < -0.39 is 0 Å². The summed E-state index contributed by atoms with van der Waals surface area (Å²) in [5.41, 5.74) is 0. The normalized spacial score (nSPS) is 20.3. The zero-order valence-electron chi connectivity index (χ0n) is 10.7. The molecule has 1 aliphatic heterocycles. The zero-order chi connectivity index (χ0) is 14.0. The molecule has 2 atom stereocenters. The molecule has 0 aliphatic carbocycles. The van der Waals surface area contributed by atoms with Crippen molar-refractivity contribution in [1.29, 1.82) is 0 Å². The van der Waals surface area contributed by atoms with E-state index in [1.807, 2.05) is 6.92 Å². The largest absolute Gasteiger partial charge is 0.465 e. The lowest BCUT2D eigenvalue weighted by Crippen LogP contribution is -2.52. The Morgan fingerprint density at radius 1 is 1.44 bits per heavy atom. The van der Waals surface area contributed by atoms with Crippen LogP contribution in [0.2, 0.25) is 0 Å². The molecule has 0 spiro atoms. The van der Waals surface area contributed by atoms with Gasteiger partial charge in [0, 0.05) is 25.0 Å². The average molecular weight is 388 g/mol. The molecule has 7 heteroatoms. The summed E-state index contributed by atoms with van der Waals surface area (Å²) in [6.07, 6.45) is 0. The number of piperazine rings is 1. The molecule has 0 amide bonds. The minimum atomic E-state index is -0.153. The summed E-state index contributed by atoms with van der Waals surface area (Å²) < 4.78 is 4.84. The number of carbonyl (C=O) groups is 2. The van der Waals surface area contributed by atoms with Crippen LogP contribution in [0, 0.1) is 0 Å². The van der Waals surface area contributed by atoms with E-state index in [4.69, 9.17) is 4.74 Å². The molecular weight excluding hydrogens is 368 g/mol. The predicted octanol–water partition coefficient (Wildman–Crippen LogP) is 0.845. The van der Waals surface area contributed by atoms with Crippen LogP contribution in [-0.2, 0) is 14.3 Å². The Hall–Kier alpha value is 0.0200. The fraction of sp³-hybridized carbons (Fsp3) is 0.818. The van der Waals surface area contributed by atoms with E-state index >= 15 is 0 Å². The number of rotatable bonds is 4. The molecule has 1 aliphatic rings. The number of alkyl halides is 2. The van der Waals surface area contributed by atoms with E-state index in [0.29, 0.717) is 18.5 Å². The van der Waals surface area contributed by atoms with Crippen molar-refractivity contribution in [2.24, 2.45) is 0 Å². The number of nitrogens with one attached hydrogen (secondary N) is 2. The van der Waals surface area contributed by atoms with Crippen LogP contribution in [0.3, 0.4) is 0 Å². The molecule has 0 aromatic heterocycles. The number of halogens is 2. The number of hydrogen-bond donors (Lipinski definition) is 2. The topological polar surface area (TPSA) is 67.4 Å². The van der Waals surface area contributed by atoms with Gasteiger partial charge in [0.1, 0.15) is 11.8 Å². The fourth-order valence-electron chi connectivity index (χ4n) is 1.17. The standard InChI is InChI=1S/C7H14N2O2.C4H6Br2O/c1-2-11-7(10)6-5-8-3-4-9-6;1-3(7)4(6)2-5/h6,8-9H,2-5H2,1H3;4H,2H2,1H3. The molecular formula is C11H20Br2N2O3. The Morgan fingerprint density at radius 3 is 2.44 bits per heavy atom. The molecule has 106 valence electrons. The monoisotopic (exact) mass is 386 g/mol. The lowest BCUT2D eigenvalue weighted by molar-refractivity contribution is -0.145. The molecule has 18 heavy (non-hydrogen) atoms. The van der Waals surface area contributed by atoms with Crippen LogP contribution < -0.4 is 10.6 Å². The van der Waals surface area contributed by atoms with E-state index in [1.165, 1.54) is 0 Å². The van der Waals surface area contributed by atoms with Crippen molar-refractivity contribution < 1.29 is 14.3 Å². The fourth-order valence-corrected chi connectivity index (χ4v) is 1.63. The summed E-state index contributed by atoms with van der Waals surface area (Å²) in [5, 5.41) is 6.87. The molecule has 0 bridgehead atoms. The highest BCUT2D eigenvalue weighted by molar-refractivity contribution is 9.12. The van der Waals surface area contributed by atoms with Gasteiger partial charge in [-0.1, -0.05) is 31.9 Å². The van der Waals surface area contributed by atoms with E-state index in [2.05, 4.69) is 42.5 Å². The number of esters is 1. The SMILES string of the molecule is CC(=O)C(Br)CBr.CCOC(=O)C1CNCCN1. The first-order valence-electron chi connectivity index (χ1n) is 5.84. The summed E-state index contributed by atoms with van der Waals surface area (Å²) in [5.74, 6) is 0.0107. The third kappa shape index (κ3) is 8.18. The van der Waals surface area contributed by atoms with Crippen molar-refractivity contribution in [2.75, 3.05) is 31.6 Å². The zero-order valence-corrected chi connectivity index (χ0v) is 13.8. The Morgan fingerprint density at radius 2 is 2.11 bits per heavy atom. The molecule has 1 heterocycles. The number of Topliss-reactive ketones (excluding diaryl/α,β-unsaturated/α-hetero) is 1. The summed E-state index contributed by atoms with van der Waals surface area (Å²) in [4.78, 5) is 21.4. The third-order valence-electron chi connectivity index (χ3n) is 2.19.